The van der Waals surface area contributed by atoms with Crippen LogP contribution in [-0.4, -0.2) is 19.7 Å². The lowest BCUT2D eigenvalue weighted by Crippen LogP contribution is -2.43. The standard InChI is InChI=1S/C17H20N4O2/c1-11-8-17(9-11,16-19-18-10-20(16)2)14-5-13(12-3-4-12)6-15(7-14)21(22)23/h5-7,10-12H,3-4,8-9H2,1-2H3. The van der Waals surface area contributed by atoms with Gasteiger partial charge in [-0.05, 0) is 48.6 Å². The molecular weight excluding hydrogens is 292 g/mol. The molecule has 0 unspecified atom stereocenters. The van der Waals surface area contributed by atoms with Gasteiger partial charge >= 0.3 is 0 Å². The number of nitro groups is 1. The Hall–Kier alpha value is -2.24. The topological polar surface area (TPSA) is 73.8 Å². The van der Waals surface area contributed by atoms with Crippen LogP contribution < -0.4 is 0 Å². The summed E-state index contributed by atoms with van der Waals surface area (Å²) in [5.41, 5.74) is 2.10. The van der Waals surface area contributed by atoms with E-state index in [2.05, 4.69) is 23.2 Å². The van der Waals surface area contributed by atoms with Gasteiger partial charge in [-0.15, -0.1) is 10.2 Å². The summed E-state index contributed by atoms with van der Waals surface area (Å²) < 4.78 is 1.95. The zero-order valence-corrected chi connectivity index (χ0v) is 13.4. The first-order valence-electron chi connectivity index (χ1n) is 8.14. The second kappa shape index (κ2) is 4.88. The maximum Gasteiger partial charge on any atom is 0.270 e. The van der Waals surface area contributed by atoms with Crippen LogP contribution >= 0.6 is 0 Å². The molecule has 0 bridgehead atoms. The summed E-state index contributed by atoms with van der Waals surface area (Å²) in [5, 5.41) is 19.7. The molecule has 2 aromatic rings. The number of hydrogen-bond donors (Lipinski definition) is 0. The molecule has 2 saturated carbocycles. The Morgan fingerprint density at radius 3 is 2.57 bits per heavy atom. The number of hydrogen-bond acceptors (Lipinski definition) is 4. The summed E-state index contributed by atoms with van der Waals surface area (Å²) in [5.74, 6) is 2.00. The van der Waals surface area contributed by atoms with Crippen molar-refractivity contribution in [2.24, 2.45) is 13.0 Å². The molecule has 0 spiro atoms. The number of nitrogens with zero attached hydrogens (tertiary/aromatic N) is 4. The molecule has 1 heterocycles. The van der Waals surface area contributed by atoms with Gasteiger partial charge in [-0.2, -0.15) is 0 Å². The highest BCUT2D eigenvalue weighted by molar-refractivity contribution is 5.48. The molecule has 0 N–H and O–H groups in total. The van der Waals surface area contributed by atoms with Crippen LogP contribution in [0.5, 0.6) is 0 Å². The number of rotatable bonds is 4. The minimum atomic E-state index is -0.276. The molecule has 0 saturated heterocycles. The monoisotopic (exact) mass is 312 g/mol. The van der Waals surface area contributed by atoms with Crippen LogP contribution in [0.2, 0.25) is 0 Å². The van der Waals surface area contributed by atoms with Crippen molar-refractivity contribution in [3.05, 3.63) is 51.6 Å². The van der Waals surface area contributed by atoms with Crippen molar-refractivity contribution >= 4 is 5.69 Å². The zero-order chi connectivity index (χ0) is 16.2. The van der Waals surface area contributed by atoms with Gasteiger partial charge in [0.25, 0.3) is 5.69 Å². The fraction of sp³-hybridized carbons (Fsp3) is 0.529. The van der Waals surface area contributed by atoms with E-state index in [-0.39, 0.29) is 16.0 Å². The molecule has 2 aliphatic carbocycles. The van der Waals surface area contributed by atoms with Crippen LogP contribution in [0.4, 0.5) is 5.69 Å². The number of aryl methyl sites for hydroxylation is 1. The average molecular weight is 312 g/mol. The van der Waals surface area contributed by atoms with E-state index in [0.29, 0.717) is 11.8 Å². The van der Waals surface area contributed by atoms with Crippen LogP contribution in [0, 0.1) is 16.0 Å². The van der Waals surface area contributed by atoms with Crippen molar-refractivity contribution in [3.8, 4) is 0 Å². The van der Waals surface area contributed by atoms with E-state index in [1.54, 1.807) is 18.5 Å². The Bertz CT molecular complexity index is 773. The molecule has 0 amide bonds. The van der Waals surface area contributed by atoms with Gasteiger partial charge in [0.1, 0.15) is 12.2 Å². The average Bonchev–Trinajstić information content (AvgIpc) is 3.26. The maximum atomic E-state index is 11.4. The molecule has 120 valence electrons. The van der Waals surface area contributed by atoms with Gasteiger partial charge in [0.2, 0.25) is 0 Å². The summed E-state index contributed by atoms with van der Waals surface area (Å²) >= 11 is 0. The van der Waals surface area contributed by atoms with E-state index < -0.39 is 0 Å². The summed E-state index contributed by atoms with van der Waals surface area (Å²) in [6.07, 6.45) is 5.90. The third-order valence-corrected chi connectivity index (χ3v) is 5.29. The van der Waals surface area contributed by atoms with Gasteiger partial charge in [0, 0.05) is 19.2 Å². The second-order valence-corrected chi connectivity index (χ2v) is 7.21. The molecule has 0 radical (unpaired) electrons. The molecule has 1 aromatic heterocycles. The predicted molar refractivity (Wildman–Crippen MR) is 85.3 cm³/mol. The Labute approximate surface area is 134 Å². The first-order valence-corrected chi connectivity index (χ1v) is 8.14. The molecule has 2 aliphatic rings. The van der Waals surface area contributed by atoms with Crippen LogP contribution in [0.1, 0.15) is 55.5 Å². The highest BCUT2D eigenvalue weighted by Crippen LogP contribution is 2.53. The molecule has 2 fully saturated rings. The van der Waals surface area contributed by atoms with Gasteiger partial charge in [-0.3, -0.25) is 10.1 Å². The van der Waals surface area contributed by atoms with Gasteiger partial charge in [0.05, 0.1) is 10.3 Å². The van der Waals surface area contributed by atoms with Gasteiger partial charge < -0.3 is 4.57 Å². The Balaban J connectivity index is 1.86. The third kappa shape index (κ3) is 2.24. The molecule has 23 heavy (non-hydrogen) atoms. The molecule has 1 aromatic carbocycles. The largest absolute Gasteiger partial charge is 0.320 e. The number of aromatic nitrogens is 3. The minimum Gasteiger partial charge on any atom is -0.320 e. The lowest BCUT2D eigenvalue weighted by Gasteiger charge is -2.46. The van der Waals surface area contributed by atoms with Crippen molar-refractivity contribution < 1.29 is 4.92 Å². The maximum absolute atomic E-state index is 11.4. The highest BCUT2D eigenvalue weighted by atomic mass is 16.6. The van der Waals surface area contributed by atoms with Crippen molar-refractivity contribution in [1.29, 1.82) is 0 Å². The first-order chi connectivity index (χ1) is 11.0. The minimum absolute atomic E-state index is 0.200. The van der Waals surface area contributed by atoms with Gasteiger partial charge in [0.15, 0.2) is 0 Å². The second-order valence-electron chi connectivity index (χ2n) is 7.21. The lowest BCUT2D eigenvalue weighted by atomic mass is 9.58. The van der Waals surface area contributed by atoms with E-state index in [1.807, 2.05) is 11.6 Å². The lowest BCUT2D eigenvalue weighted by molar-refractivity contribution is -0.385. The van der Waals surface area contributed by atoms with Crippen LogP contribution in [0.3, 0.4) is 0 Å². The Morgan fingerprint density at radius 1 is 1.30 bits per heavy atom. The fourth-order valence-electron chi connectivity index (χ4n) is 4.06. The van der Waals surface area contributed by atoms with E-state index in [0.717, 1.165) is 42.6 Å². The number of nitro benzene ring substituents is 1. The Morgan fingerprint density at radius 2 is 2.04 bits per heavy atom. The summed E-state index contributed by atoms with van der Waals surface area (Å²) in [6.45, 7) is 2.22. The quantitative estimate of drug-likeness (QED) is 0.641. The SMILES string of the molecule is CC1CC(c2cc(C3CC3)cc([N+](=O)[O-])c2)(c2nncn2C)C1. The van der Waals surface area contributed by atoms with E-state index in [1.165, 1.54) is 0 Å². The van der Waals surface area contributed by atoms with Crippen molar-refractivity contribution in [2.45, 2.75) is 43.9 Å². The molecule has 4 rings (SSSR count). The van der Waals surface area contributed by atoms with Crippen LogP contribution in [0.25, 0.3) is 0 Å². The van der Waals surface area contributed by atoms with Crippen molar-refractivity contribution in [3.63, 3.8) is 0 Å². The number of benzene rings is 1. The first kappa shape index (κ1) is 14.4. The molecule has 0 aliphatic heterocycles. The predicted octanol–water partition coefficient (Wildman–Crippen LogP) is 3.32. The van der Waals surface area contributed by atoms with E-state index in [9.17, 15) is 10.1 Å². The molecule has 0 atom stereocenters. The van der Waals surface area contributed by atoms with Crippen molar-refractivity contribution in [2.75, 3.05) is 0 Å². The smallest absolute Gasteiger partial charge is 0.270 e. The van der Waals surface area contributed by atoms with Crippen LogP contribution in [0.15, 0.2) is 24.5 Å². The van der Waals surface area contributed by atoms with E-state index in [4.69, 9.17) is 0 Å². The molecule has 6 nitrogen and oxygen atoms in total. The molecule has 6 heteroatoms. The summed E-state index contributed by atoms with van der Waals surface area (Å²) in [6, 6.07) is 5.66. The van der Waals surface area contributed by atoms with Gasteiger partial charge in [-0.25, -0.2) is 0 Å². The zero-order valence-electron chi connectivity index (χ0n) is 13.4. The fourth-order valence-corrected chi connectivity index (χ4v) is 4.06. The summed E-state index contributed by atoms with van der Waals surface area (Å²) in [7, 11) is 1.94. The van der Waals surface area contributed by atoms with Crippen LogP contribution in [-0.2, 0) is 12.5 Å². The molecular formula is C17H20N4O2. The summed E-state index contributed by atoms with van der Waals surface area (Å²) in [4.78, 5) is 11.1. The van der Waals surface area contributed by atoms with Gasteiger partial charge in [-0.1, -0.05) is 13.0 Å². The Kier molecular flexibility index (Phi) is 3.04. The normalized spacial score (nSPS) is 26.8. The number of non-ortho nitro benzene ring substituents is 1. The third-order valence-electron chi connectivity index (χ3n) is 5.29. The van der Waals surface area contributed by atoms with E-state index >= 15 is 0 Å². The highest BCUT2D eigenvalue weighted by Gasteiger charge is 2.49. The van der Waals surface area contributed by atoms with Crippen molar-refractivity contribution in [1.82, 2.24) is 14.8 Å².